The molecule has 112 valence electrons. The van der Waals surface area contributed by atoms with Gasteiger partial charge in [0, 0.05) is 11.6 Å². The van der Waals surface area contributed by atoms with Crippen LogP contribution in [0.1, 0.15) is 0 Å². The Morgan fingerprint density at radius 1 is 1.19 bits per heavy atom. The third kappa shape index (κ3) is 3.94. The Kier molecular flexibility index (Phi) is 4.17. The maximum atomic E-state index is 13.4. The highest BCUT2D eigenvalue weighted by Gasteiger charge is 2.28. The highest BCUT2D eigenvalue weighted by atomic mass is 35.5. The van der Waals surface area contributed by atoms with Gasteiger partial charge in [0.25, 0.3) is 0 Å². The number of ether oxygens (including phenoxy) is 1. The quantitative estimate of drug-likeness (QED) is 0.694. The highest BCUT2D eigenvalue weighted by molar-refractivity contribution is 6.33. The van der Waals surface area contributed by atoms with E-state index in [-0.39, 0.29) is 27.8 Å². The van der Waals surface area contributed by atoms with Gasteiger partial charge < -0.3 is 10.5 Å². The summed E-state index contributed by atoms with van der Waals surface area (Å²) >= 11 is 5.90. The molecule has 0 saturated heterocycles. The summed E-state index contributed by atoms with van der Waals surface area (Å²) < 4.78 is 53.7. The molecule has 2 rings (SSSR count). The Labute approximate surface area is 121 Å². The van der Waals surface area contributed by atoms with E-state index in [2.05, 4.69) is 14.9 Å². The largest absolute Gasteiger partial charge is 0.467 e. The number of nitrogens with two attached hydrogens (primary N) is 1. The molecule has 1 aromatic carbocycles. The average Bonchev–Trinajstić information content (AvgIpc) is 2.40. The molecule has 21 heavy (non-hydrogen) atoms. The van der Waals surface area contributed by atoms with Crippen LogP contribution in [0, 0.1) is 5.82 Å². The molecule has 0 fully saturated rings. The highest BCUT2D eigenvalue weighted by Crippen LogP contribution is 2.30. The molecule has 4 nitrogen and oxygen atoms in total. The van der Waals surface area contributed by atoms with Gasteiger partial charge in [0.1, 0.15) is 5.82 Å². The second kappa shape index (κ2) is 5.72. The molecule has 2 aromatic rings. The second-order valence-corrected chi connectivity index (χ2v) is 4.42. The molecule has 0 aliphatic heterocycles. The Hall–Kier alpha value is -2.09. The SMILES string of the molecule is Nc1cc(Cl)c(-c2ccc(OCC(F)(F)F)nn2)cc1F. The van der Waals surface area contributed by atoms with Crippen LogP contribution in [0.2, 0.25) is 5.02 Å². The Morgan fingerprint density at radius 2 is 1.90 bits per heavy atom. The summed E-state index contributed by atoms with van der Waals surface area (Å²) in [5.41, 5.74) is 5.63. The number of halogens is 5. The normalized spacial score (nSPS) is 11.5. The number of nitrogen functional groups attached to an aromatic ring is 1. The van der Waals surface area contributed by atoms with Crippen LogP contribution in [0.5, 0.6) is 5.88 Å². The van der Waals surface area contributed by atoms with E-state index in [0.717, 1.165) is 6.07 Å². The summed E-state index contributed by atoms with van der Waals surface area (Å²) in [6.45, 7) is -1.47. The summed E-state index contributed by atoms with van der Waals surface area (Å²) in [6, 6.07) is 4.77. The predicted octanol–water partition coefficient (Wildman–Crippen LogP) is 3.46. The van der Waals surface area contributed by atoms with Gasteiger partial charge in [-0.25, -0.2) is 4.39 Å². The van der Waals surface area contributed by atoms with Crippen molar-refractivity contribution in [2.24, 2.45) is 0 Å². The zero-order valence-electron chi connectivity index (χ0n) is 10.3. The average molecular weight is 322 g/mol. The van der Waals surface area contributed by atoms with E-state index in [4.69, 9.17) is 17.3 Å². The molecule has 1 heterocycles. The van der Waals surface area contributed by atoms with Crippen LogP contribution >= 0.6 is 11.6 Å². The van der Waals surface area contributed by atoms with Crippen LogP contribution in [0.25, 0.3) is 11.3 Å². The van der Waals surface area contributed by atoms with Crippen molar-refractivity contribution in [3.05, 3.63) is 35.1 Å². The number of nitrogens with zero attached hydrogens (tertiary/aromatic N) is 2. The van der Waals surface area contributed by atoms with Gasteiger partial charge >= 0.3 is 6.18 Å². The van der Waals surface area contributed by atoms with Crippen molar-refractivity contribution in [3.63, 3.8) is 0 Å². The van der Waals surface area contributed by atoms with Gasteiger partial charge in [-0.3, -0.25) is 0 Å². The first-order valence-electron chi connectivity index (χ1n) is 5.54. The van der Waals surface area contributed by atoms with E-state index < -0.39 is 18.6 Å². The number of rotatable bonds is 3. The van der Waals surface area contributed by atoms with Gasteiger partial charge in [-0.1, -0.05) is 11.6 Å². The molecule has 0 atom stereocenters. The minimum atomic E-state index is -4.47. The monoisotopic (exact) mass is 321 g/mol. The topological polar surface area (TPSA) is 61.0 Å². The Bertz CT molecular complexity index is 646. The van der Waals surface area contributed by atoms with Crippen molar-refractivity contribution >= 4 is 17.3 Å². The Balaban J connectivity index is 2.21. The van der Waals surface area contributed by atoms with Gasteiger partial charge in [-0.15, -0.1) is 10.2 Å². The smallest absolute Gasteiger partial charge is 0.422 e. The molecule has 0 saturated carbocycles. The zero-order chi connectivity index (χ0) is 15.6. The zero-order valence-corrected chi connectivity index (χ0v) is 11.0. The molecule has 1 aromatic heterocycles. The van der Waals surface area contributed by atoms with Crippen molar-refractivity contribution < 1.29 is 22.3 Å². The first-order chi connectivity index (χ1) is 9.76. The third-order valence-electron chi connectivity index (χ3n) is 2.39. The summed E-state index contributed by atoms with van der Waals surface area (Å²) in [5.74, 6) is -0.989. The van der Waals surface area contributed by atoms with Gasteiger partial charge in [0.15, 0.2) is 6.61 Å². The summed E-state index contributed by atoms with van der Waals surface area (Å²) in [4.78, 5) is 0. The fraction of sp³-hybridized carbons (Fsp3) is 0.167. The first kappa shape index (κ1) is 15.3. The summed E-state index contributed by atoms with van der Waals surface area (Å²) in [7, 11) is 0. The molecular weight excluding hydrogens is 314 g/mol. The van der Waals surface area contributed by atoms with Crippen molar-refractivity contribution in [1.82, 2.24) is 10.2 Å². The maximum Gasteiger partial charge on any atom is 0.422 e. The minimum absolute atomic E-state index is 0.123. The first-order valence-corrected chi connectivity index (χ1v) is 5.92. The van der Waals surface area contributed by atoms with Gasteiger partial charge in [-0.05, 0) is 18.2 Å². The molecule has 0 radical (unpaired) electrons. The Morgan fingerprint density at radius 3 is 2.48 bits per heavy atom. The standard InChI is InChI=1S/C12H8ClF4N3O/c13-7-4-9(18)8(14)3-6(7)10-1-2-11(20-19-10)21-5-12(15,16)17/h1-4H,5,18H2. The minimum Gasteiger partial charge on any atom is -0.467 e. The number of hydrogen-bond acceptors (Lipinski definition) is 4. The molecule has 0 amide bonds. The van der Waals surface area contributed by atoms with Crippen LogP contribution in [-0.2, 0) is 0 Å². The molecule has 2 N–H and O–H groups in total. The van der Waals surface area contributed by atoms with E-state index >= 15 is 0 Å². The lowest BCUT2D eigenvalue weighted by Gasteiger charge is -2.09. The van der Waals surface area contributed by atoms with Crippen LogP contribution in [0.3, 0.4) is 0 Å². The van der Waals surface area contributed by atoms with Crippen LogP contribution < -0.4 is 10.5 Å². The van der Waals surface area contributed by atoms with E-state index in [0.29, 0.717) is 0 Å². The van der Waals surface area contributed by atoms with E-state index in [1.165, 1.54) is 18.2 Å². The van der Waals surface area contributed by atoms with Crippen molar-refractivity contribution in [2.45, 2.75) is 6.18 Å². The number of alkyl halides is 3. The molecule has 0 unspecified atom stereocenters. The molecule has 0 aliphatic carbocycles. The maximum absolute atomic E-state index is 13.4. The van der Waals surface area contributed by atoms with Gasteiger partial charge in [0.05, 0.1) is 16.4 Å². The lowest BCUT2D eigenvalue weighted by Crippen LogP contribution is -2.19. The molecule has 0 bridgehead atoms. The molecule has 9 heteroatoms. The lowest BCUT2D eigenvalue weighted by molar-refractivity contribution is -0.154. The number of anilines is 1. The fourth-order valence-electron chi connectivity index (χ4n) is 1.45. The van der Waals surface area contributed by atoms with Crippen molar-refractivity contribution in [2.75, 3.05) is 12.3 Å². The summed E-state index contributed by atoms with van der Waals surface area (Å²) in [6.07, 6.45) is -4.47. The van der Waals surface area contributed by atoms with Gasteiger partial charge in [0.2, 0.25) is 5.88 Å². The molecule has 0 aliphatic rings. The lowest BCUT2D eigenvalue weighted by atomic mass is 10.1. The predicted molar refractivity (Wildman–Crippen MR) is 68.4 cm³/mol. The van der Waals surface area contributed by atoms with E-state index in [1.807, 2.05) is 0 Å². The fourth-order valence-corrected chi connectivity index (χ4v) is 1.72. The number of benzene rings is 1. The van der Waals surface area contributed by atoms with E-state index in [9.17, 15) is 17.6 Å². The van der Waals surface area contributed by atoms with Crippen LogP contribution in [0.15, 0.2) is 24.3 Å². The number of aromatic nitrogens is 2. The van der Waals surface area contributed by atoms with Crippen LogP contribution in [0.4, 0.5) is 23.2 Å². The van der Waals surface area contributed by atoms with Crippen molar-refractivity contribution in [3.8, 4) is 17.1 Å². The van der Waals surface area contributed by atoms with Crippen molar-refractivity contribution in [1.29, 1.82) is 0 Å². The molecule has 0 spiro atoms. The van der Waals surface area contributed by atoms with E-state index in [1.54, 1.807) is 0 Å². The molecular formula is C12H8ClF4N3O. The van der Waals surface area contributed by atoms with Gasteiger partial charge in [-0.2, -0.15) is 13.2 Å². The van der Waals surface area contributed by atoms with Crippen LogP contribution in [-0.4, -0.2) is 23.0 Å². The second-order valence-electron chi connectivity index (χ2n) is 4.01. The summed E-state index contributed by atoms with van der Waals surface area (Å²) in [5, 5.41) is 7.26. The third-order valence-corrected chi connectivity index (χ3v) is 2.70. The number of hydrogen-bond donors (Lipinski definition) is 1.